The summed E-state index contributed by atoms with van der Waals surface area (Å²) in [5.41, 5.74) is 0. The summed E-state index contributed by atoms with van der Waals surface area (Å²) in [4.78, 5) is 11.9. The lowest BCUT2D eigenvalue weighted by molar-refractivity contribution is -0.121. The normalized spacial score (nSPS) is 10.7. The van der Waals surface area contributed by atoms with Crippen molar-refractivity contribution in [3.8, 4) is 0 Å². The summed E-state index contributed by atoms with van der Waals surface area (Å²) in [5, 5.41) is 2.34. The van der Waals surface area contributed by atoms with Crippen LogP contribution in [0.4, 0.5) is 8.78 Å². The molecule has 0 saturated heterocycles. The highest BCUT2D eigenvalue weighted by molar-refractivity contribution is 5.77. The molecule has 1 N–H and O–H groups in total. The van der Waals surface area contributed by atoms with Gasteiger partial charge in [-0.25, -0.2) is 8.78 Å². The van der Waals surface area contributed by atoms with Crippen molar-refractivity contribution in [2.45, 2.75) is 6.43 Å². The Kier molecular flexibility index (Phi) is 4.69. The minimum absolute atomic E-state index is 0.0147. The second kappa shape index (κ2) is 5.01. The van der Waals surface area contributed by atoms with Crippen LogP contribution in [0.1, 0.15) is 0 Å². The molecule has 0 saturated carbocycles. The van der Waals surface area contributed by atoms with E-state index in [-0.39, 0.29) is 19.0 Å². The summed E-state index contributed by atoms with van der Waals surface area (Å²) in [5.74, 6) is -0.256. The Morgan fingerprint density at radius 3 is 2.55 bits per heavy atom. The van der Waals surface area contributed by atoms with Crippen molar-refractivity contribution in [2.24, 2.45) is 0 Å². The van der Waals surface area contributed by atoms with Crippen LogP contribution in [0, 0.1) is 0 Å². The van der Waals surface area contributed by atoms with Gasteiger partial charge in [-0.15, -0.1) is 0 Å². The molecule has 11 heavy (non-hydrogen) atoms. The second-order valence-electron chi connectivity index (χ2n) is 2.26. The first kappa shape index (κ1) is 10.3. The van der Waals surface area contributed by atoms with Crippen LogP contribution in [-0.2, 0) is 4.79 Å². The van der Waals surface area contributed by atoms with Crippen molar-refractivity contribution < 1.29 is 13.6 Å². The number of carbonyl (C=O) groups excluding carboxylic acids is 1. The van der Waals surface area contributed by atoms with E-state index in [9.17, 15) is 13.6 Å². The van der Waals surface area contributed by atoms with E-state index in [0.717, 1.165) is 0 Å². The van der Waals surface area contributed by atoms with Gasteiger partial charge < -0.3 is 5.32 Å². The van der Waals surface area contributed by atoms with Crippen molar-refractivity contribution in [3.05, 3.63) is 0 Å². The number of amides is 1. The fourth-order valence-corrected chi connectivity index (χ4v) is 0.624. The van der Waals surface area contributed by atoms with Crippen LogP contribution in [0.2, 0.25) is 0 Å². The molecule has 0 bridgehead atoms. The van der Waals surface area contributed by atoms with Crippen molar-refractivity contribution in [1.29, 1.82) is 0 Å². The zero-order chi connectivity index (χ0) is 8.85. The predicted molar refractivity (Wildman–Crippen MR) is 37.6 cm³/mol. The number of nitrogens with zero attached hydrogens (tertiary/aromatic N) is 1. The highest BCUT2D eigenvalue weighted by Crippen LogP contribution is 1.94. The fourth-order valence-electron chi connectivity index (χ4n) is 0.624. The minimum atomic E-state index is -2.38. The third-order valence-corrected chi connectivity index (χ3v) is 1.14. The SMILES string of the molecule is CNC(=O)CN(C)CC(F)F. The Hall–Kier alpha value is -0.710. The van der Waals surface area contributed by atoms with E-state index in [1.54, 1.807) is 0 Å². The molecule has 0 aliphatic rings. The second-order valence-corrected chi connectivity index (χ2v) is 2.26. The number of halogens is 2. The van der Waals surface area contributed by atoms with Gasteiger partial charge in [0.1, 0.15) is 0 Å². The average molecular weight is 166 g/mol. The largest absolute Gasteiger partial charge is 0.358 e. The van der Waals surface area contributed by atoms with Crippen molar-refractivity contribution in [1.82, 2.24) is 10.2 Å². The number of alkyl halides is 2. The molecule has 0 heterocycles. The molecule has 0 radical (unpaired) electrons. The molecule has 0 aliphatic heterocycles. The molecule has 0 aliphatic carbocycles. The summed E-state index contributed by atoms with van der Waals surface area (Å²) >= 11 is 0. The Bertz CT molecular complexity index is 130. The Morgan fingerprint density at radius 2 is 2.18 bits per heavy atom. The summed E-state index contributed by atoms with van der Waals surface area (Å²) in [6.07, 6.45) is -2.38. The third kappa shape index (κ3) is 5.72. The molecule has 0 rings (SSSR count). The first-order chi connectivity index (χ1) is 5.06. The first-order valence-electron chi connectivity index (χ1n) is 3.23. The number of hydrogen-bond donors (Lipinski definition) is 1. The zero-order valence-corrected chi connectivity index (χ0v) is 6.60. The molecule has 0 unspecified atom stereocenters. The van der Waals surface area contributed by atoms with Gasteiger partial charge in [0.2, 0.25) is 5.91 Å². The topological polar surface area (TPSA) is 32.3 Å². The van der Waals surface area contributed by atoms with Crippen molar-refractivity contribution in [2.75, 3.05) is 27.2 Å². The summed E-state index contributed by atoms with van der Waals surface area (Å²) in [6, 6.07) is 0. The summed E-state index contributed by atoms with van der Waals surface area (Å²) in [6.45, 7) is -0.353. The van der Waals surface area contributed by atoms with Gasteiger partial charge in [0, 0.05) is 7.05 Å². The van der Waals surface area contributed by atoms with E-state index in [2.05, 4.69) is 5.32 Å². The van der Waals surface area contributed by atoms with Crippen LogP contribution in [0.3, 0.4) is 0 Å². The van der Waals surface area contributed by atoms with Crippen LogP contribution in [0.25, 0.3) is 0 Å². The maximum Gasteiger partial charge on any atom is 0.251 e. The molecule has 66 valence electrons. The van der Waals surface area contributed by atoms with Crippen LogP contribution in [0.5, 0.6) is 0 Å². The molecule has 5 heteroatoms. The van der Waals surface area contributed by atoms with E-state index >= 15 is 0 Å². The van der Waals surface area contributed by atoms with Crippen LogP contribution >= 0.6 is 0 Å². The molecule has 0 aromatic rings. The van der Waals surface area contributed by atoms with E-state index < -0.39 is 6.43 Å². The average Bonchev–Trinajstić information content (AvgIpc) is 1.85. The van der Waals surface area contributed by atoms with Gasteiger partial charge in [-0.05, 0) is 7.05 Å². The van der Waals surface area contributed by atoms with E-state index in [0.29, 0.717) is 0 Å². The molecule has 3 nitrogen and oxygen atoms in total. The number of rotatable bonds is 4. The van der Waals surface area contributed by atoms with Gasteiger partial charge in [-0.2, -0.15) is 0 Å². The van der Waals surface area contributed by atoms with E-state index in [4.69, 9.17) is 0 Å². The van der Waals surface area contributed by atoms with Gasteiger partial charge >= 0.3 is 0 Å². The predicted octanol–water partition coefficient (Wildman–Crippen LogP) is -0.0707. The lowest BCUT2D eigenvalue weighted by Crippen LogP contribution is -2.35. The van der Waals surface area contributed by atoms with Crippen LogP contribution in [-0.4, -0.2) is 44.4 Å². The molecule has 0 aromatic carbocycles. The van der Waals surface area contributed by atoms with E-state index in [1.807, 2.05) is 0 Å². The van der Waals surface area contributed by atoms with Crippen molar-refractivity contribution in [3.63, 3.8) is 0 Å². The monoisotopic (exact) mass is 166 g/mol. The molecule has 0 spiro atoms. The lowest BCUT2D eigenvalue weighted by Gasteiger charge is -2.13. The minimum Gasteiger partial charge on any atom is -0.358 e. The van der Waals surface area contributed by atoms with Gasteiger partial charge in [0.25, 0.3) is 6.43 Å². The van der Waals surface area contributed by atoms with Gasteiger partial charge in [0.05, 0.1) is 13.1 Å². The molecule has 1 amide bonds. The highest BCUT2D eigenvalue weighted by Gasteiger charge is 2.09. The number of carbonyl (C=O) groups is 1. The van der Waals surface area contributed by atoms with Gasteiger partial charge in [0.15, 0.2) is 0 Å². The lowest BCUT2D eigenvalue weighted by atomic mass is 10.5. The molecular formula is C6H12F2N2O. The number of nitrogens with one attached hydrogen (secondary N) is 1. The molecule has 0 aromatic heterocycles. The van der Waals surface area contributed by atoms with Crippen LogP contribution < -0.4 is 5.32 Å². The zero-order valence-electron chi connectivity index (χ0n) is 6.60. The van der Waals surface area contributed by atoms with Crippen LogP contribution in [0.15, 0.2) is 0 Å². The number of hydrogen-bond acceptors (Lipinski definition) is 2. The first-order valence-corrected chi connectivity index (χ1v) is 3.23. The summed E-state index contributed by atoms with van der Waals surface area (Å²) < 4.78 is 23.3. The maximum absolute atomic E-state index is 11.7. The molecule has 0 fully saturated rings. The van der Waals surface area contributed by atoms with Crippen molar-refractivity contribution >= 4 is 5.91 Å². The third-order valence-electron chi connectivity index (χ3n) is 1.14. The summed E-state index contributed by atoms with van der Waals surface area (Å²) in [7, 11) is 2.94. The number of likely N-dealkylation sites (N-methyl/N-ethyl adjacent to an activating group) is 2. The molecule has 0 atom stereocenters. The highest BCUT2D eigenvalue weighted by atomic mass is 19.3. The Morgan fingerprint density at radius 1 is 1.64 bits per heavy atom. The quantitative estimate of drug-likeness (QED) is 0.634. The fraction of sp³-hybridized carbons (Fsp3) is 0.833. The Balaban J connectivity index is 3.51. The Labute approximate surface area is 64.4 Å². The maximum atomic E-state index is 11.7. The molecular weight excluding hydrogens is 154 g/mol. The smallest absolute Gasteiger partial charge is 0.251 e. The van der Waals surface area contributed by atoms with Gasteiger partial charge in [-0.3, -0.25) is 9.69 Å². The van der Waals surface area contributed by atoms with Gasteiger partial charge in [-0.1, -0.05) is 0 Å². The standard InChI is InChI=1S/C6H12F2N2O/c1-9-6(11)4-10(2)3-5(7)8/h5H,3-4H2,1-2H3,(H,9,11). The van der Waals surface area contributed by atoms with E-state index in [1.165, 1.54) is 19.0 Å².